The monoisotopic (exact) mass is 236 g/mol. The van der Waals surface area contributed by atoms with Gasteiger partial charge >= 0.3 is 0 Å². The highest BCUT2D eigenvalue weighted by molar-refractivity contribution is 5.99. The number of aliphatic hydroxyl groups excluding tert-OH is 1. The number of aryl methyl sites for hydroxylation is 1. The number of carbonyl (C=O) groups excluding carboxylic acids is 1. The van der Waals surface area contributed by atoms with Gasteiger partial charge in [0.05, 0.1) is 6.61 Å². The van der Waals surface area contributed by atoms with E-state index < -0.39 is 0 Å². The van der Waals surface area contributed by atoms with Gasteiger partial charge in [-0.25, -0.2) is 0 Å². The van der Waals surface area contributed by atoms with Crippen LogP contribution in [0.1, 0.15) is 29.3 Å². The van der Waals surface area contributed by atoms with Gasteiger partial charge in [0, 0.05) is 11.5 Å². The molecule has 1 N–H and O–H groups in total. The minimum absolute atomic E-state index is 0.0363. The van der Waals surface area contributed by atoms with E-state index in [9.17, 15) is 4.79 Å². The van der Waals surface area contributed by atoms with Gasteiger partial charge in [-0.2, -0.15) is 0 Å². The van der Waals surface area contributed by atoms with Gasteiger partial charge in [-0.3, -0.25) is 4.79 Å². The smallest absolute Gasteiger partial charge is 0.231 e. The van der Waals surface area contributed by atoms with E-state index in [1.807, 2.05) is 13.8 Å². The van der Waals surface area contributed by atoms with Gasteiger partial charge in [-0.05, 0) is 31.0 Å². The summed E-state index contributed by atoms with van der Waals surface area (Å²) >= 11 is 0. The first kappa shape index (κ1) is 11.9. The van der Waals surface area contributed by atoms with Crippen molar-refractivity contribution in [1.29, 1.82) is 0 Å². The van der Waals surface area contributed by atoms with E-state index in [1.165, 1.54) is 0 Å². The Hall–Kier alpha value is -1.55. The molecule has 1 aliphatic rings. The Balaban J connectivity index is 2.35. The molecule has 0 aliphatic carbocycles. The lowest BCUT2D eigenvalue weighted by Crippen LogP contribution is -2.18. The summed E-state index contributed by atoms with van der Waals surface area (Å²) in [5, 5.41) is 9.17. The first-order chi connectivity index (χ1) is 8.17. The predicted molar refractivity (Wildman–Crippen MR) is 62.5 cm³/mol. The van der Waals surface area contributed by atoms with E-state index in [0.717, 1.165) is 5.56 Å². The molecule has 0 fully saturated rings. The van der Waals surface area contributed by atoms with Crippen LogP contribution in [0, 0.1) is 12.8 Å². The molecule has 1 aliphatic heterocycles. The number of hydrogen-bond donors (Lipinski definition) is 1. The Morgan fingerprint density at radius 1 is 1.41 bits per heavy atom. The van der Waals surface area contributed by atoms with Gasteiger partial charge in [0.2, 0.25) is 6.79 Å². The lowest BCUT2D eigenvalue weighted by molar-refractivity contribution is 0.0855. The van der Waals surface area contributed by atoms with Crippen molar-refractivity contribution in [2.75, 3.05) is 13.4 Å². The zero-order chi connectivity index (χ0) is 12.4. The van der Waals surface area contributed by atoms with Gasteiger partial charge < -0.3 is 14.6 Å². The Morgan fingerprint density at radius 2 is 2.06 bits per heavy atom. The highest BCUT2D eigenvalue weighted by atomic mass is 16.7. The molecule has 1 atom stereocenters. The van der Waals surface area contributed by atoms with Crippen molar-refractivity contribution in [1.82, 2.24) is 0 Å². The van der Waals surface area contributed by atoms with Crippen LogP contribution in [-0.4, -0.2) is 24.3 Å². The molecule has 0 aromatic heterocycles. The molecule has 0 saturated heterocycles. The molecule has 1 aromatic rings. The minimum atomic E-state index is -0.339. The molecule has 0 saturated carbocycles. The van der Waals surface area contributed by atoms with Crippen LogP contribution in [0.2, 0.25) is 0 Å². The molecule has 1 heterocycles. The number of fused-ring (bicyclic) bond motifs is 1. The fourth-order valence-corrected chi connectivity index (χ4v) is 1.93. The molecule has 92 valence electrons. The van der Waals surface area contributed by atoms with Crippen molar-refractivity contribution in [2.45, 2.75) is 20.3 Å². The van der Waals surface area contributed by atoms with Crippen LogP contribution in [0.4, 0.5) is 0 Å². The van der Waals surface area contributed by atoms with Crippen molar-refractivity contribution >= 4 is 5.78 Å². The average molecular weight is 236 g/mol. The molecule has 1 unspecified atom stereocenters. The fraction of sp³-hybridized carbons (Fsp3) is 0.462. The van der Waals surface area contributed by atoms with Crippen LogP contribution in [0.5, 0.6) is 11.5 Å². The molecule has 4 heteroatoms. The second-order valence-corrected chi connectivity index (χ2v) is 4.17. The Labute approximate surface area is 100 Å². The summed E-state index contributed by atoms with van der Waals surface area (Å²) in [6.07, 6.45) is 0.628. The first-order valence-electron chi connectivity index (χ1n) is 5.72. The SMILES string of the molecule is CCC(CO)C(=O)c1cc2c(cc1C)OCO2. The van der Waals surface area contributed by atoms with Crippen LogP contribution in [0.25, 0.3) is 0 Å². The van der Waals surface area contributed by atoms with Gasteiger partial charge in [-0.1, -0.05) is 6.92 Å². The number of rotatable bonds is 4. The quantitative estimate of drug-likeness (QED) is 0.811. The Morgan fingerprint density at radius 3 is 2.65 bits per heavy atom. The predicted octanol–water partition coefficient (Wildman–Crippen LogP) is 1.92. The molecule has 1 aromatic carbocycles. The van der Waals surface area contributed by atoms with Gasteiger partial charge in [0.15, 0.2) is 17.3 Å². The first-order valence-corrected chi connectivity index (χ1v) is 5.72. The molecule has 0 radical (unpaired) electrons. The average Bonchev–Trinajstić information content (AvgIpc) is 2.76. The second kappa shape index (κ2) is 4.75. The molecular weight excluding hydrogens is 220 g/mol. The van der Waals surface area contributed by atoms with E-state index in [2.05, 4.69) is 0 Å². The molecule has 0 spiro atoms. The van der Waals surface area contributed by atoms with E-state index in [1.54, 1.807) is 12.1 Å². The highest BCUT2D eigenvalue weighted by Gasteiger charge is 2.23. The second-order valence-electron chi connectivity index (χ2n) is 4.17. The summed E-state index contributed by atoms with van der Waals surface area (Å²) in [4.78, 5) is 12.2. The number of benzene rings is 1. The lowest BCUT2D eigenvalue weighted by Gasteiger charge is -2.12. The third kappa shape index (κ3) is 2.13. The van der Waals surface area contributed by atoms with Crippen molar-refractivity contribution in [3.63, 3.8) is 0 Å². The van der Waals surface area contributed by atoms with Gasteiger partial charge in [0.25, 0.3) is 0 Å². The third-order valence-corrected chi connectivity index (χ3v) is 3.07. The standard InChI is InChI=1S/C13H16O4/c1-3-9(6-14)13(15)10-5-12-11(4-8(10)2)16-7-17-12/h4-5,9,14H,3,6-7H2,1-2H3. The molecule has 17 heavy (non-hydrogen) atoms. The van der Waals surface area contributed by atoms with Crippen LogP contribution in [-0.2, 0) is 0 Å². The normalized spacial score (nSPS) is 14.8. The van der Waals surface area contributed by atoms with Crippen molar-refractivity contribution in [3.8, 4) is 11.5 Å². The van der Waals surface area contributed by atoms with Crippen LogP contribution < -0.4 is 9.47 Å². The summed E-state index contributed by atoms with van der Waals surface area (Å²) < 4.78 is 10.5. The van der Waals surface area contributed by atoms with Crippen molar-refractivity contribution in [2.24, 2.45) is 5.92 Å². The Kier molecular flexibility index (Phi) is 3.33. The zero-order valence-corrected chi connectivity index (χ0v) is 10.0. The minimum Gasteiger partial charge on any atom is -0.454 e. The zero-order valence-electron chi connectivity index (χ0n) is 10.0. The summed E-state index contributed by atoms with van der Waals surface area (Å²) in [5.74, 6) is 0.905. The van der Waals surface area contributed by atoms with Gasteiger partial charge in [-0.15, -0.1) is 0 Å². The summed E-state index contributed by atoms with van der Waals surface area (Å²) in [7, 11) is 0. The number of hydrogen-bond acceptors (Lipinski definition) is 4. The Bertz CT molecular complexity index is 435. The maximum atomic E-state index is 12.2. The maximum absolute atomic E-state index is 12.2. The fourth-order valence-electron chi connectivity index (χ4n) is 1.93. The number of Topliss-reactive ketones (excluding diaryl/α,β-unsaturated/α-hetero) is 1. The van der Waals surface area contributed by atoms with Crippen LogP contribution in [0.3, 0.4) is 0 Å². The molecule has 2 rings (SSSR count). The third-order valence-electron chi connectivity index (χ3n) is 3.07. The maximum Gasteiger partial charge on any atom is 0.231 e. The highest BCUT2D eigenvalue weighted by Crippen LogP contribution is 2.35. The van der Waals surface area contributed by atoms with E-state index in [-0.39, 0.29) is 25.1 Å². The topological polar surface area (TPSA) is 55.8 Å². The van der Waals surface area contributed by atoms with Crippen molar-refractivity contribution in [3.05, 3.63) is 23.3 Å². The summed E-state index contributed by atoms with van der Waals surface area (Å²) in [6, 6.07) is 3.51. The van der Waals surface area contributed by atoms with E-state index in [4.69, 9.17) is 14.6 Å². The number of ketones is 1. The van der Waals surface area contributed by atoms with Crippen molar-refractivity contribution < 1.29 is 19.4 Å². The van der Waals surface area contributed by atoms with Crippen LogP contribution >= 0.6 is 0 Å². The number of ether oxygens (including phenoxy) is 2. The largest absolute Gasteiger partial charge is 0.454 e. The van der Waals surface area contributed by atoms with Gasteiger partial charge in [0.1, 0.15) is 0 Å². The molecular formula is C13H16O4. The molecule has 4 nitrogen and oxygen atoms in total. The van der Waals surface area contributed by atoms with E-state index >= 15 is 0 Å². The lowest BCUT2D eigenvalue weighted by atomic mass is 9.93. The summed E-state index contributed by atoms with van der Waals surface area (Å²) in [5.41, 5.74) is 1.46. The van der Waals surface area contributed by atoms with E-state index in [0.29, 0.717) is 23.5 Å². The summed E-state index contributed by atoms with van der Waals surface area (Å²) in [6.45, 7) is 3.83. The van der Waals surface area contributed by atoms with Crippen LogP contribution in [0.15, 0.2) is 12.1 Å². The number of aliphatic hydroxyl groups is 1. The number of carbonyl (C=O) groups is 1. The molecule has 0 amide bonds. The molecule has 0 bridgehead atoms.